The van der Waals surface area contributed by atoms with Crippen LogP contribution in [0.4, 0.5) is 0 Å². The summed E-state index contributed by atoms with van der Waals surface area (Å²) in [7, 11) is 3.82. The fraction of sp³-hybridized carbons (Fsp3) is 0.200. The molecule has 2 aromatic heterocycles. The summed E-state index contributed by atoms with van der Waals surface area (Å²) in [6, 6.07) is 0. The number of imidazole rings is 2. The molecule has 4 heteroatoms. The number of rotatable bonds is 0. The fourth-order valence-corrected chi connectivity index (χ4v) is 1.08. The van der Waals surface area contributed by atoms with Crippen molar-refractivity contribution in [3.63, 3.8) is 0 Å². The van der Waals surface area contributed by atoms with E-state index in [-0.39, 0.29) is 0 Å². The number of aromatic nitrogens is 4. The van der Waals surface area contributed by atoms with Gasteiger partial charge in [0.05, 0.1) is 0 Å². The number of hydrogen-bond donors (Lipinski definition) is 0. The molecule has 0 aliphatic heterocycles. The smallest absolute Gasteiger partial charge is 0.185 e. The van der Waals surface area contributed by atoms with Crippen molar-refractivity contribution in [3.05, 3.63) is 36.4 Å². The van der Waals surface area contributed by atoms with E-state index in [0.29, 0.717) is 0 Å². The third-order valence-electron chi connectivity index (χ3n) is 1.93. The summed E-state index contributed by atoms with van der Waals surface area (Å²) >= 11 is 0. The van der Waals surface area contributed by atoms with E-state index in [4.69, 9.17) is 0 Å². The molecule has 0 aliphatic rings. The number of aryl methyl sites for hydroxylation is 2. The number of hydrogen-bond acceptors (Lipinski definition) is 2. The molecule has 0 amide bonds. The molecule has 2 rings (SSSR count). The first-order chi connectivity index (χ1) is 6.77. The van der Waals surface area contributed by atoms with Gasteiger partial charge in [0.25, 0.3) is 0 Å². The summed E-state index contributed by atoms with van der Waals surface area (Å²) in [6.07, 6.45) is 7.18. The molecule has 2 aromatic rings. The lowest BCUT2D eigenvalue weighted by atomic mass is 10.5. The molecule has 0 unspecified atom stereocenters. The molecular weight excluding hydrogens is 176 g/mol. The lowest BCUT2D eigenvalue weighted by molar-refractivity contribution is 0.886. The molecule has 2 heterocycles. The van der Waals surface area contributed by atoms with Gasteiger partial charge in [0.2, 0.25) is 0 Å². The van der Waals surface area contributed by atoms with Crippen molar-refractivity contribution in [1.29, 1.82) is 0 Å². The predicted molar refractivity (Wildman–Crippen MR) is 52.4 cm³/mol. The van der Waals surface area contributed by atoms with Crippen LogP contribution in [-0.2, 0) is 14.1 Å². The van der Waals surface area contributed by atoms with Gasteiger partial charge in [0, 0.05) is 38.9 Å². The molecule has 0 aromatic carbocycles. The molecule has 0 atom stereocenters. The molecule has 0 saturated carbocycles. The molecule has 0 radical (unpaired) electrons. The zero-order chi connectivity index (χ0) is 9.97. The van der Waals surface area contributed by atoms with Gasteiger partial charge in [-0.25, -0.2) is 9.97 Å². The van der Waals surface area contributed by atoms with Crippen molar-refractivity contribution >= 4 is 0 Å². The molecule has 70 valence electrons. The maximum atomic E-state index is 4.10. The number of nitrogens with zero attached hydrogens (tertiary/aromatic N) is 4. The van der Waals surface area contributed by atoms with Gasteiger partial charge in [0.15, 0.2) is 11.6 Å². The van der Waals surface area contributed by atoms with Gasteiger partial charge in [-0.15, -0.1) is 0 Å². The Bertz CT molecular complexity index is 451. The summed E-state index contributed by atoms with van der Waals surface area (Å²) in [4.78, 5) is 8.19. The Morgan fingerprint density at radius 2 is 1.36 bits per heavy atom. The molecule has 0 saturated heterocycles. The Labute approximate surface area is 82.2 Å². The summed E-state index contributed by atoms with van der Waals surface area (Å²) in [5.41, 5.74) is 0. The minimum atomic E-state index is 0.744. The van der Waals surface area contributed by atoms with Crippen molar-refractivity contribution in [2.75, 3.05) is 0 Å². The highest BCUT2D eigenvalue weighted by Crippen LogP contribution is 1.94. The standard InChI is InChI=1S/C10H10N4/c1-13-7-5-11-9(13)3-4-10-12-6-8-14(10)2/h5-8H,1-2H3. The van der Waals surface area contributed by atoms with E-state index in [2.05, 4.69) is 21.8 Å². The third kappa shape index (κ3) is 1.52. The van der Waals surface area contributed by atoms with Crippen LogP contribution in [0, 0.1) is 11.8 Å². The monoisotopic (exact) mass is 186 g/mol. The van der Waals surface area contributed by atoms with Crippen molar-refractivity contribution in [1.82, 2.24) is 19.1 Å². The molecule has 0 fully saturated rings. The van der Waals surface area contributed by atoms with E-state index in [1.165, 1.54) is 0 Å². The van der Waals surface area contributed by atoms with Crippen LogP contribution >= 0.6 is 0 Å². The Balaban J connectivity index is 2.31. The quantitative estimate of drug-likeness (QED) is 0.563. The zero-order valence-corrected chi connectivity index (χ0v) is 8.10. The molecule has 0 spiro atoms. The maximum absolute atomic E-state index is 4.10. The SMILES string of the molecule is Cn1ccnc1C#Cc1nccn1C. The van der Waals surface area contributed by atoms with Crippen LogP contribution in [0.25, 0.3) is 0 Å². The van der Waals surface area contributed by atoms with Gasteiger partial charge in [-0.05, 0) is 11.8 Å². The van der Waals surface area contributed by atoms with Gasteiger partial charge >= 0.3 is 0 Å². The van der Waals surface area contributed by atoms with E-state index in [1.54, 1.807) is 12.4 Å². The third-order valence-corrected chi connectivity index (χ3v) is 1.93. The minimum absolute atomic E-state index is 0.744. The maximum Gasteiger partial charge on any atom is 0.185 e. The first-order valence-corrected chi connectivity index (χ1v) is 4.24. The molecule has 14 heavy (non-hydrogen) atoms. The largest absolute Gasteiger partial charge is 0.327 e. The topological polar surface area (TPSA) is 35.6 Å². The predicted octanol–water partition coefficient (Wildman–Crippen LogP) is 0.553. The van der Waals surface area contributed by atoms with E-state index in [1.807, 2.05) is 35.6 Å². The highest BCUT2D eigenvalue weighted by atomic mass is 15.0. The fourth-order valence-electron chi connectivity index (χ4n) is 1.08. The van der Waals surface area contributed by atoms with Crippen molar-refractivity contribution in [3.8, 4) is 11.8 Å². The van der Waals surface area contributed by atoms with E-state index >= 15 is 0 Å². The van der Waals surface area contributed by atoms with Crippen LogP contribution < -0.4 is 0 Å². The van der Waals surface area contributed by atoms with E-state index in [9.17, 15) is 0 Å². The van der Waals surface area contributed by atoms with Gasteiger partial charge in [-0.1, -0.05) is 0 Å². The van der Waals surface area contributed by atoms with E-state index in [0.717, 1.165) is 11.6 Å². The summed E-state index contributed by atoms with van der Waals surface area (Å²) in [5, 5.41) is 0. The van der Waals surface area contributed by atoms with Crippen molar-refractivity contribution in [2.45, 2.75) is 0 Å². The molecule has 0 aliphatic carbocycles. The second-order valence-electron chi connectivity index (χ2n) is 2.97. The average molecular weight is 186 g/mol. The lowest BCUT2D eigenvalue weighted by Gasteiger charge is -1.91. The second kappa shape index (κ2) is 3.38. The Hall–Kier alpha value is -2.02. The van der Waals surface area contributed by atoms with Gasteiger partial charge in [-0.2, -0.15) is 0 Å². The summed E-state index contributed by atoms with van der Waals surface area (Å²) in [5.74, 6) is 7.40. The van der Waals surface area contributed by atoms with Crippen LogP contribution in [0.15, 0.2) is 24.8 Å². The van der Waals surface area contributed by atoms with Gasteiger partial charge in [-0.3, -0.25) is 0 Å². The van der Waals surface area contributed by atoms with Crippen molar-refractivity contribution < 1.29 is 0 Å². The Morgan fingerprint density at radius 1 is 0.929 bits per heavy atom. The zero-order valence-electron chi connectivity index (χ0n) is 8.10. The summed E-state index contributed by atoms with van der Waals surface area (Å²) in [6.45, 7) is 0. The Morgan fingerprint density at radius 3 is 1.64 bits per heavy atom. The lowest BCUT2D eigenvalue weighted by Crippen LogP contribution is -1.93. The molecule has 4 nitrogen and oxygen atoms in total. The average Bonchev–Trinajstić information content (AvgIpc) is 2.72. The highest BCUT2D eigenvalue weighted by Gasteiger charge is 1.94. The first-order valence-electron chi connectivity index (χ1n) is 4.24. The van der Waals surface area contributed by atoms with Crippen LogP contribution in [0.5, 0.6) is 0 Å². The molecular formula is C10H10N4. The van der Waals surface area contributed by atoms with Crippen LogP contribution in [0.3, 0.4) is 0 Å². The van der Waals surface area contributed by atoms with Gasteiger partial charge < -0.3 is 9.13 Å². The Kier molecular flexibility index (Phi) is 2.07. The highest BCUT2D eigenvalue weighted by molar-refractivity contribution is 5.30. The normalized spacial score (nSPS) is 9.57. The van der Waals surface area contributed by atoms with Crippen molar-refractivity contribution in [2.24, 2.45) is 14.1 Å². The van der Waals surface area contributed by atoms with Crippen LogP contribution in [0.1, 0.15) is 11.6 Å². The molecule has 0 N–H and O–H groups in total. The second-order valence-corrected chi connectivity index (χ2v) is 2.97. The first kappa shape index (κ1) is 8.57. The molecule has 0 bridgehead atoms. The summed E-state index contributed by atoms with van der Waals surface area (Å²) < 4.78 is 3.74. The van der Waals surface area contributed by atoms with Crippen LogP contribution in [0.2, 0.25) is 0 Å². The minimum Gasteiger partial charge on any atom is -0.327 e. The van der Waals surface area contributed by atoms with Crippen LogP contribution in [-0.4, -0.2) is 19.1 Å². The van der Waals surface area contributed by atoms with E-state index < -0.39 is 0 Å². The van der Waals surface area contributed by atoms with Gasteiger partial charge in [0.1, 0.15) is 0 Å².